The lowest BCUT2D eigenvalue weighted by atomic mass is 10.2. The Morgan fingerprint density at radius 3 is 2.62 bits per heavy atom. The highest BCUT2D eigenvalue weighted by molar-refractivity contribution is 5.93. The number of hydrogen-bond donors (Lipinski definition) is 1. The van der Waals surface area contributed by atoms with Gasteiger partial charge in [0.05, 0.1) is 7.11 Å². The fourth-order valence-corrected chi connectivity index (χ4v) is 1.75. The van der Waals surface area contributed by atoms with Crippen LogP contribution < -0.4 is 0 Å². The predicted octanol–water partition coefficient (Wildman–Crippen LogP) is 0.116. The summed E-state index contributed by atoms with van der Waals surface area (Å²) >= 11 is 0. The SMILES string of the molecule is COC(=O)/C(C#N)=C1/CCC(C(=O)O)N1C. The quantitative estimate of drug-likeness (QED) is 0.407. The first-order valence-electron chi connectivity index (χ1n) is 4.70. The minimum atomic E-state index is -0.959. The van der Waals surface area contributed by atoms with E-state index in [1.807, 2.05) is 0 Å². The number of carbonyl (C=O) groups excluding carboxylic acids is 1. The normalized spacial score (nSPS) is 22.6. The third-order valence-corrected chi connectivity index (χ3v) is 2.62. The molecule has 1 unspecified atom stereocenters. The van der Waals surface area contributed by atoms with Crippen molar-refractivity contribution < 1.29 is 19.4 Å². The summed E-state index contributed by atoms with van der Waals surface area (Å²) < 4.78 is 4.47. The molecule has 1 N–H and O–H groups in total. The number of rotatable bonds is 2. The Hall–Kier alpha value is -2.03. The molecule has 0 bridgehead atoms. The molecule has 0 amide bonds. The van der Waals surface area contributed by atoms with E-state index in [4.69, 9.17) is 10.4 Å². The molecule has 0 aromatic carbocycles. The Balaban J connectivity index is 3.06. The number of carbonyl (C=O) groups is 2. The number of nitrogens with zero attached hydrogens (tertiary/aromatic N) is 2. The van der Waals surface area contributed by atoms with E-state index < -0.39 is 18.0 Å². The number of aliphatic carboxylic acids is 1. The van der Waals surface area contributed by atoms with E-state index in [-0.39, 0.29) is 5.57 Å². The summed E-state index contributed by atoms with van der Waals surface area (Å²) in [5.41, 5.74) is 0.315. The number of carboxylic acid groups (broad SMARTS) is 1. The molecule has 86 valence electrons. The molecule has 1 fully saturated rings. The summed E-state index contributed by atoms with van der Waals surface area (Å²) in [6.07, 6.45) is 0.787. The second-order valence-corrected chi connectivity index (χ2v) is 3.43. The second-order valence-electron chi connectivity index (χ2n) is 3.43. The predicted molar refractivity (Wildman–Crippen MR) is 53.1 cm³/mol. The van der Waals surface area contributed by atoms with Gasteiger partial charge in [-0.3, -0.25) is 0 Å². The monoisotopic (exact) mass is 224 g/mol. The Bertz CT molecular complexity index is 394. The molecular weight excluding hydrogens is 212 g/mol. The zero-order valence-corrected chi connectivity index (χ0v) is 9.06. The first-order chi connectivity index (χ1) is 7.52. The Kier molecular flexibility index (Phi) is 3.51. The van der Waals surface area contributed by atoms with Crippen LogP contribution in [0.3, 0.4) is 0 Å². The van der Waals surface area contributed by atoms with Gasteiger partial charge in [0.25, 0.3) is 0 Å². The summed E-state index contributed by atoms with van der Waals surface area (Å²) in [5.74, 6) is -1.69. The molecule has 6 nitrogen and oxygen atoms in total. The van der Waals surface area contributed by atoms with Crippen LogP contribution >= 0.6 is 0 Å². The number of hydrogen-bond acceptors (Lipinski definition) is 5. The van der Waals surface area contributed by atoms with Crippen molar-refractivity contribution in [1.82, 2.24) is 4.90 Å². The highest BCUT2D eigenvalue weighted by atomic mass is 16.5. The molecule has 1 aliphatic heterocycles. The van der Waals surface area contributed by atoms with Crippen LogP contribution in [-0.2, 0) is 14.3 Å². The van der Waals surface area contributed by atoms with Crippen LogP contribution in [0.25, 0.3) is 0 Å². The van der Waals surface area contributed by atoms with Crippen LogP contribution in [0.1, 0.15) is 12.8 Å². The maximum atomic E-state index is 11.3. The average Bonchev–Trinajstić information content (AvgIpc) is 2.62. The van der Waals surface area contributed by atoms with Crippen LogP contribution in [0, 0.1) is 11.3 Å². The molecule has 16 heavy (non-hydrogen) atoms. The van der Waals surface area contributed by atoms with Gasteiger partial charge in [0.1, 0.15) is 12.1 Å². The highest BCUT2D eigenvalue weighted by Crippen LogP contribution is 2.28. The lowest BCUT2D eigenvalue weighted by Crippen LogP contribution is -2.32. The molecule has 6 heteroatoms. The third-order valence-electron chi connectivity index (χ3n) is 2.62. The molecule has 0 radical (unpaired) electrons. The Morgan fingerprint density at radius 2 is 2.25 bits per heavy atom. The van der Waals surface area contributed by atoms with Gasteiger partial charge in [0.2, 0.25) is 0 Å². The molecule has 0 spiro atoms. The third kappa shape index (κ3) is 1.98. The molecule has 0 saturated carbocycles. The molecule has 1 rings (SSSR count). The molecule has 1 atom stereocenters. The van der Waals surface area contributed by atoms with Crippen LogP contribution in [0.2, 0.25) is 0 Å². The van der Waals surface area contributed by atoms with E-state index >= 15 is 0 Å². The zero-order valence-electron chi connectivity index (χ0n) is 9.06. The standard InChI is InChI=1S/C10H12N2O4/c1-12-7(3-4-8(12)9(13)14)6(5-11)10(15)16-2/h8H,3-4H2,1-2H3,(H,13,14)/b7-6-. The van der Waals surface area contributed by atoms with Crippen LogP contribution in [0.4, 0.5) is 0 Å². The number of carboxylic acids is 1. The Labute approximate surface area is 92.7 Å². The van der Waals surface area contributed by atoms with Gasteiger partial charge >= 0.3 is 11.9 Å². The number of likely N-dealkylation sites (N-methyl/N-ethyl adjacent to an activating group) is 1. The molecule has 0 aliphatic carbocycles. The van der Waals surface area contributed by atoms with Crippen LogP contribution in [-0.4, -0.2) is 42.1 Å². The van der Waals surface area contributed by atoms with Crippen molar-refractivity contribution in [3.05, 3.63) is 11.3 Å². The van der Waals surface area contributed by atoms with E-state index in [9.17, 15) is 9.59 Å². The first kappa shape index (κ1) is 12.0. The van der Waals surface area contributed by atoms with E-state index in [2.05, 4.69) is 4.74 Å². The van der Waals surface area contributed by atoms with Crippen molar-refractivity contribution in [3.8, 4) is 6.07 Å². The van der Waals surface area contributed by atoms with Gasteiger partial charge < -0.3 is 14.7 Å². The summed E-state index contributed by atoms with van der Waals surface area (Å²) in [5, 5.41) is 17.7. The number of likely N-dealkylation sites (tertiary alicyclic amines) is 1. The lowest BCUT2D eigenvalue weighted by Gasteiger charge is -2.19. The van der Waals surface area contributed by atoms with Gasteiger partial charge in [-0.15, -0.1) is 0 Å². The first-order valence-corrected chi connectivity index (χ1v) is 4.70. The van der Waals surface area contributed by atoms with E-state index in [0.29, 0.717) is 18.5 Å². The number of esters is 1. The smallest absolute Gasteiger partial charge is 0.350 e. The van der Waals surface area contributed by atoms with Gasteiger partial charge in [-0.2, -0.15) is 5.26 Å². The minimum absolute atomic E-state index is 0.117. The average molecular weight is 224 g/mol. The molecule has 1 heterocycles. The largest absolute Gasteiger partial charge is 0.480 e. The van der Waals surface area contributed by atoms with Crippen molar-refractivity contribution in [2.75, 3.05) is 14.2 Å². The summed E-state index contributed by atoms with van der Waals surface area (Å²) in [4.78, 5) is 23.6. The molecule has 1 aliphatic rings. The zero-order chi connectivity index (χ0) is 12.3. The van der Waals surface area contributed by atoms with Crippen molar-refractivity contribution in [3.63, 3.8) is 0 Å². The maximum absolute atomic E-state index is 11.3. The van der Waals surface area contributed by atoms with Gasteiger partial charge in [-0.25, -0.2) is 9.59 Å². The lowest BCUT2D eigenvalue weighted by molar-refractivity contribution is -0.141. The van der Waals surface area contributed by atoms with Gasteiger partial charge in [0.15, 0.2) is 5.57 Å². The highest BCUT2D eigenvalue weighted by Gasteiger charge is 2.34. The summed E-state index contributed by atoms with van der Waals surface area (Å²) in [6, 6.07) is 1.08. The van der Waals surface area contributed by atoms with Gasteiger partial charge in [-0.1, -0.05) is 0 Å². The minimum Gasteiger partial charge on any atom is -0.480 e. The number of nitriles is 1. The van der Waals surface area contributed by atoms with Crippen LogP contribution in [0.15, 0.2) is 11.3 Å². The fraction of sp³-hybridized carbons (Fsp3) is 0.500. The van der Waals surface area contributed by atoms with Crippen LogP contribution in [0.5, 0.6) is 0 Å². The van der Waals surface area contributed by atoms with Crippen molar-refractivity contribution in [2.45, 2.75) is 18.9 Å². The van der Waals surface area contributed by atoms with Gasteiger partial charge in [0, 0.05) is 12.7 Å². The van der Waals surface area contributed by atoms with E-state index in [0.717, 1.165) is 0 Å². The number of methoxy groups -OCH3 is 1. The maximum Gasteiger partial charge on any atom is 0.350 e. The van der Waals surface area contributed by atoms with Crippen molar-refractivity contribution in [2.24, 2.45) is 0 Å². The molecule has 0 aromatic heterocycles. The number of ether oxygens (including phenoxy) is 1. The molecule has 1 saturated heterocycles. The van der Waals surface area contributed by atoms with Crippen molar-refractivity contribution >= 4 is 11.9 Å². The summed E-state index contributed by atoms with van der Waals surface area (Å²) in [7, 11) is 2.74. The molecular formula is C10H12N2O4. The topological polar surface area (TPSA) is 90.6 Å². The fourth-order valence-electron chi connectivity index (χ4n) is 1.75. The van der Waals surface area contributed by atoms with E-state index in [1.54, 1.807) is 13.1 Å². The molecule has 0 aromatic rings. The Morgan fingerprint density at radius 1 is 1.62 bits per heavy atom. The van der Waals surface area contributed by atoms with E-state index in [1.165, 1.54) is 12.0 Å². The van der Waals surface area contributed by atoms with Crippen molar-refractivity contribution in [1.29, 1.82) is 5.26 Å². The van der Waals surface area contributed by atoms with Gasteiger partial charge in [-0.05, 0) is 12.8 Å². The summed E-state index contributed by atoms with van der Waals surface area (Å²) in [6.45, 7) is 0. The second kappa shape index (κ2) is 4.66. The number of allylic oxidation sites excluding steroid dienone is 1.